The zero-order valence-corrected chi connectivity index (χ0v) is 13.8. The molecular formula is C17H18ClN3O3. The van der Waals surface area contributed by atoms with E-state index < -0.39 is 5.97 Å². The van der Waals surface area contributed by atoms with E-state index in [0.29, 0.717) is 29.9 Å². The van der Waals surface area contributed by atoms with E-state index in [1.165, 1.54) is 6.08 Å². The fraction of sp³-hybridized carbons (Fsp3) is 0.353. The van der Waals surface area contributed by atoms with Crippen LogP contribution in [0.4, 0.5) is 11.4 Å². The summed E-state index contributed by atoms with van der Waals surface area (Å²) in [7, 11) is 0. The Labute approximate surface area is 145 Å². The highest BCUT2D eigenvalue weighted by Gasteiger charge is 2.42. The predicted molar refractivity (Wildman–Crippen MR) is 92.8 cm³/mol. The van der Waals surface area contributed by atoms with Crippen molar-refractivity contribution in [2.75, 3.05) is 23.1 Å². The summed E-state index contributed by atoms with van der Waals surface area (Å²) in [5.74, 6) is -1.51. The van der Waals surface area contributed by atoms with Gasteiger partial charge >= 0.3 is 5.97 Å². The molecule has 3 N–H and O–H groups in total. The van der Waals surface area contributed by atoms with Crippen molar-refractivity contribution in [3.8, 4) is 6.07 Å². The quantitative estimate of drug-likeness (QED) is 0.495. The normalized spacial score (nSPS) is 14.8. The Hall–Kier alpha value is -2.52. The fourth-order valence-corrected chi connectivity index (χ4v) is 2.38. The number of carboxylic acids is 1. The van der Waals surface area contributed by atoms with Gasteiger partial charge in [-0.15, -0.1) is 11.6 Å². The molecule has 0 radical (unpaired) electrons. The largest absolute Gasteiger partial charge is 0.478 e. The van der Waals surface area contributed by atoms with Gasteiger partial charge < -0.3 is 15.7 Å². The lowest BCUT2D eigenvalue weighted by Gasteiger charge is -2.17. The molecule has 1 aromatic rings. The van der Waals surface area contributed by atoms with Crippen molar-refractivity contribution in [1.29, 1.82) is 5.26 Å². The van der Waals surface area contributed by atoms with E-state index in [9.17, 15) is 9.59 Å². The maximum absolute atomic E-state index is 11.5. The van der Waals surface area contributed by atoms with Crippen LogP contribution in [0, 0.1) is 16.7 Å². The van der Waals surface area contributed by atoms with Crippen LogP contribution in [0.3, 0.4) is 0 Å². The molecule has 7 heteroatoms. The number of carboxylic acid groups (broad SMARTS) is 1. The molecule has 1 aliphatic carbocycles. The molecule has 1 aliphatic rings. The smallest absolute Gasteiger partial charge is 0.328 e. The Balaban J connectivity index is 2.19. The third-order valence-electron chi connectivity index (χ3n) is 3.92. The van der Waals surface area contributed by atoms with Crippen LogP contribution in [0.5, 0.6) is 0 Å². The minimum Gasteiger partial charge on any atom is -0.478 e. The summed E-state index contributed by atoms with van der Waals surface area (Å²) in [6, 6.07) is 7.36. The first kappa shape index (κ1) is 17.8. The third kappa shape index (κ3) is 5.00. The van der Waals surface area contributed by atoms with E-state index in [4.69, 9.17) is 22.0 Å². The second-order valence-electron chi connectivity index (χ2n) is 5.85. The first-order valence-corrected chi connectivity index (χ1v) is 8.03. The maximum atomic E-state index is 11.5. The monoisotopic (exact) mass is 347 g/mol. The molecule has 0 aliphatic heterocycles. The Morgan fingerprint density at radius 3 is 2.71 bits per heavy atom. The van der Waals surface area contributed by atoms with E-state index in [0.717, 1.165) is 18.9 Å². The van der Waals surface area contributed by atoms with Crippen LogP contribution in [0.15, 0.2) is 24.3 Å². The molecule has 1 fully saturated rings. The number of benzene rings is 1. The molecule has 24 heavy (non-hydrogen) atoms. The number of nitrogens with zero attached hydrogens (tertiary/aromatic N) is 1. The number of aliphatic carboxylic acids is 1. The lowest BCUT2D eigenvalue weighted by atomic mass is 10.0. The molecule has 0 unspecified atom stereocenters. The first-order chi connectivity index (χ1) is 11.5. The average molecular weight is 348 g/mol. The van der Waals surface area contributed by atoms with Crippen molar-refractivity contribution in [3.05, 3.63) is 29.8 Å². The molecule has 0 heterocycles. The molecule has 0 spiro atoms. The van der Waals surface area contributed by atoms with Gasteiger partial charge in [0.1, 0.15) is 5.88 Å². The fourth-order valence-electron chi connectivity index (χ4n) is 2.32. The Morgan fingerprint density at radius 2 is 2.12 bits per heavy atom. The van der Waals surface area contributed by atoms with Gasteiger partial charge in [0.05, 0.1) is 17.4 Å². The average Bonchev–Trinajstić information content (AvgIpc) is 3.32. The zero-order chi connectivity index (χ0) is 17.6. The number of nitriles is 1. The van der Waals surface area contributed by atoms with Crippen LogP contribution in [-0.4, -0.2) is 29.4 Å². The molecule has 1 saturated carbocycles. The molecule has 2 rings (SSSR count). The summed E-state index contributed by atoms with van der Waals surface area (Å²) in [6.07, 6.45) is 5.00. The van der Waals surface area contributed by atoms with Crippen LogP contribution in [0.1, 0.15) is 24.8 Å². The van der Waals surface area contributed by atoms with E-state index >= 15 is 0 Å². The summed E-state index contributed by atoms with van der Waals surface area (Å²) >= 11 is 5.53. The van der Waals surface area contributed by atoms with Gasteiger partial charge in [0, 0.05) is 24.5 Å². The number of rotatable bonds is 8. The molecule has 0 bridgehead atoms. The van der Waals surface area contributed by atoms with Crippen LogP contribution in [-0.2, 0) is 9.59 Å². The van der Waals surface area contributed by atoms with Crippen LogP contribution >= 0.6 is 11.6 Å². The van der Waals surface area contributed by atoms with Crippen molar-refractivity contribution in [2.24, 2.45) is 5.41 Å². The van der Waals surface area contributed by atoms with Crippen molar-refractivity contribution in [3.63, 3.8) is 0 Å². The third-order valence-corrected chi connectivity index (χ3v) is 4.17. The molecule has 0 atom stereocenters. The number of alkyl halides is 1. The van der Waals surface area contributed by atoms with Gasteiger partial charge in [-0.05, 0) is 36.6 Å². The minimum atomic E-state index is -1.03. The molecule has 6 nitrogen and oxygen atoms in total. The molecule has 1 amide bonds. The second-order valence-corrected chi connectivity index (χ2v) is 6.11. The van der Waals surface area contributed by atoms with E-state index in [1.54, 1.807) is 18.2 Å². The van der Waals surface area contributed by atoms with Crippen molar-refractivity contribution in [1.82, 2.24) is 0 Å². The highest BCUT2D eigenvalue weighted by molar-refractivity contribution is 6.29. The molecular weight excluding hydrogens is 330 g/mol. The van der Waals surface area contributed by atoms with Gasteiger partial charge in [0.15, 0.2) is 0 Å². The summed E-state index contributed by atoms with van der Waals surface area (Å²) < 4.78 is 0. The lowest BCUT2D eigenvalue weighted by molar-refractivity contribution is -0.131. The number of carbonyl (C=O) groups is 2. The van der Waals surface area contributed by atoms with E-state index in [2.05, 4.69) is 16.7 Å². The Morgan fingerprint density at radius 1 is 1.38 bits per heavy atom. The summed E-state index contributed by atoms with van der Waals surface area (Å²) in [5.41, 5.74) is 1.93. The van der Waals surface area contributed by atoms with Crippen molar-refractivity contribution >= 4 is 40.9 Å². The number of hydrogen-bond donors (Lipinski definition) is 3. The van der Waals surface area contributed by atoms with Gasteiger partial charge in [0.2, 0.25) is 5.91 Å². The first-order valence-electron chi connectivity index (χ1n) is 7.50. The highest BCUT2D eigenvalue weighted by Crippen LogP contribution is 2.48. The molecule has 1 aromatic carbocycles. The van der Waals surface area contributed by atoms with Gasteiger partial charge in [-0.25, -0.2) is 4.79 Å². The predicted octanol–water partition coefficient (Wildman–Crippen LogP) is 3.07. The van der Waals surface area contributed by atoms with E-state index in [1.807, 2.05) is 0 Å². The molecule has 0 aromatic heterocycles. The van der Waals surface area contributed by atoms with Crippen molar-refractivity contribution in [2.45, 2.75) is 19.3 Å². The Kier molecular flexibility index (Phi) is 5.83. The number of halogens is 1. The van der Waals surface area contributed by atoms with Crippen LogP contribution in [0.25, 0.3) is 6.08 Å². The number of carbonyl (C=O) groups excluding carboxylic acids is 1. The number of amides is 1. The topological polar surface area (TPSA) is 102 Å². The number of hydrogen-bond acceptors (Lipinski definition) is 4. The standard InChI is InChI=1S/C17H18ClN3O3/c18-10-15(22)21-13-3-1-12(2-4-16(23)24)9-14(13)20-11-17(5-6-17)7-8-19/h1-4,9,20H,5-7,10-11H2,(H,21,22)(H,23,24)/b4-2+. The van der Waals surface area contributed by atoms with Crippen LogP contribution < -0.4 is 10.6 Å². The molecule has 126 valence electrons. The highest BCUT2D eigenvalue weighted by atomic mass is 35.5. The maximum Gasteiger partial charge on any atom is 0.328 e. The minimum absolute atomic E-state index is 0.00454. The van der Waals surface area contributed by atoms with Gasteiger partial charge in [-0.3, -0.25) is 4.79 Å². The second kappa shape index (κ2) is 7.84. The SMILES string of the molecule is N#CCC1(CNc2cc(/C=C/C(=O)O)ccc2NC(=O)CCl)CC1. The zero-order valence-electron chi connectivity index (χ0n) is 13.0. The summed E-state index contributed by atoms with van der Waals surface area (Å²) in [4.78, 5) is 22.2. The summed E-state index contributed by atoms with van der Waals surface area (Å²) in [5, 5.41) is 23.6. The number of nitrogens with one attached hydrogen (secondary N) is 2. The van der Waals surface area contributed by atoms with Gasteiger partial charge in [0.25, 0.3) is 0 Å². The van der Waals surface area contributed by atoms with Gasteiger partial charge in [-0.2, -0.15) is 5.26 Å². The molecule has 0 saturated heterocycles. The Bertz CT molecular complexity index is 706. The summed E-state index contributed by atoms with van der Waals surface area (Å²) in [6.45, 7) is 0.621. The van der Waals surface area contributed by atoms with E-state index in [-0.39, 0.29) is 17.2 Å². The van der Waals surface area contributed by atoms with Gasteiger partial charge in [-0.1, -0.05) is 6.07 Å². The van der Waals surface area contributed by atoms with Crippen LogP contribution in [0.2, 0.25) is 0 Å². The lowest BCUT2D eigenvalue weighted by Crippen LogP contribution is -2.18. The number of anilines is 2. The van der Waals surface area contributed by atoms with Crippen molar-refractivity contribution < 1.29 is 14.7 Å².